The Balaban J connectivity index is 1.76. The van der Waals surface area contributed by atoms with E-state index in [-0.39, 0.29) is 17.5 Å². The van der Waals surface area contributed by atoms with Crippen molar-refractivity contribution in [3.8, 4) is 0 Å². The van der Waals surface area contributed by atoms with Gasteiger partial charge in [-0.15, -0.1) is 0 Å². The van der Waals surface area contributed by atoms with Crippen LogP contribution in [0.4, 0.5) is 0 Å². The molecular weight excluding hydrogens is 298 g/mol. The van der Waals surface area contributed by atoms with Crippen LogP contribution in [0.3, 0.4) is 0 Å². The second kappa shape index (κ2) is 4.94. The van der Waals surface area contributed by atoms with Crippen LogP contribution in [0.1, 0.15) is 29.6 Å². The van der Waals surface area contributed by atoms with E-state index in [1.807, 2.05) is 0 Å². The zero-order valence-electron chi connectivity index (χ0n) is 12.4. The van der Waals surface area contributed by atoms with Crippen molar-refractivity contribution in [1.82, 2.24) is 19.5 Å². The Morgan fingerprint density at radius 3 is 2.96 bits per heavy atom. The van der Waals surface area contributed by atoms with Crippen LogP contribution in [0.25, 0.3) is 5.65 Å². The molecule has 2 aliphatic rings. The average molecular weight is 315 g/mol. The van der Waals surface area contributed by atoms with E-state index in [4.69, 9.17) is 5.73 Å². The Morgan fingerprint density at radius 1 is 1.35 bits per heavy atom. The van der Waals surface area contributed by atoms with Crippen LogP contribution in [0, 0.1) is 11.8 Å². The van der Waals surface area contributed by atoms with Crippen LogP contribution in [-0.2, 0) is 4.79 Å². The first-order chi connectivity index (χ1) is 11.1. The van der Waals surface area contributed by atoms with Crippen LogP contribution >= 0.6 is 0 Å². The number of likely N-dealkylation sites (tertiary alicyclic amines) is 1. The van der Waals surface area contributed by atoms with Gasteiger partial charge in [0, 0.05) is 12.7 Å². The molecule has 2 aromatic rings. The minimum Gasteiger partial charge on any atom is -0.368 e. The normalized spacial score (nSPS) is 26.6. The number of nitrogens with one attached hydrogen (secondary N) is 1. The number of fused-ring (bicyclic) bond motifs is 2. The van der Waals surface area contributed by atoms with Crippen molar-refractivity contribution in [3.05, 3.63) is 34.4 Å². The highest BCUT2D eigenvalue weighted by Crippen LogP contribution is 2.42. The molecule has 3 N–H and O–H groups in total. The monoisotopic (exact) mass is 315 g/mol. The van der Waals surface area contributed by atoms with E-state index in [0.717, 1.165) is 19.3 Å². The molecule has 2 aromatic heterocycles. The number of nitrogens with zero attached hydrogens (tertiary/aromatic N) is 3. The fraction of sp³-hybridized carbons (Fsp3) is 0.467. The second-order valence-electron chi connectivity index (χ2n) is 6.30. The molecule has 4 rings (SSSR count). The summed E-state index contributed by atoms with van der Waals surface area (Å²) in [4.78, 5) is 38.1. The number of hydrogen-bond donors (Lipinski definition) is 2. The summed E-state index contributed by atoms with van der Waals surface area (Å²) in [5.41, 5.74) is 5.73. The largest absolute Gasteiger partial charge is 0.368 e. The Morgan fingerprint density at radius 2 is 2.17 bits per heavy atom. The summed E-state index contributed by atoms with van der Waals surface area (Å²) in [5, 5.41) is 6.25. The lowest BCUT2D eigenvalue weighted by Crippen LogP contribution is -2.46. The predicted molar refractivity (Wildman–Crippen MR) is 80.7 cm³/mol. The molecule has 8 heteroatoms. The number of aromatic amines is 1. The molecule has 1 saturated heterocycles. The number of amides is 2. The first kappa shape index (κ1) is 14.0. The summed E-state index contributed by atoms with van der Waals surface area (Å²) in [5.74, 6) is -0.276. The molecule has 3 atom stereocenters. The highest BCUT2D eigenvalue weighted by atomic mass is 16.2. The number of rotatable bonds is 2. The van der Waals surface area contributed by atoms with E-state index in [2.05, 4.69) is 10.2 Å². The number of hydrogen-bond acceptors (Lipinski definition) is 4. The first-order valence-corrected chi connectivity index (χ1v) is 7.74. The molecule has 2 amide bonds. The maximum Gasteiger partial charge on any atom is 0.347 e. The fourth-order valence-corrected chi connectivity index (χ4v) is 4.13. The standard InChI is InChI=1S/C15H17N5O3/c16-12(21)11-9-4-1-3-8(9)7-20(11)14(22)10-5-2-6-19-13(10)17-18-15(19)23/h2,5-6,8-9,11H,1,3-4,7H2,(H2,16,21)(H,18,23). The van der Waals surface area contributed by atoms with Gasteiger partial charge in [0.1, 0.15) is 6.04 Å². The van der Waals surface area contributed by atoms with Crippen molar-refractivity contribution in [2.45, 2.75) is 25.3 Å². The Kier molecular flexibility index (Phi) is 3.00. The molecule has 0 bridgehead atoms. The van der Waals surface area contributed by atoms with Gasteiger partial charge in [0.2, 0.25) is 5.91 Å². The summed E-state index contributed by atoms with van der Waals surface area (Å²) < 4.78 is 1.28. The SMILES string of the molecule is NC(=O)C1C2CCCC2CN1C(=O)c1cccn2c(=O)[nH]nc12. The summed E-state index contributed by atoms with van der Waals surface area (Å²) >= 11 is 0. The van der Waals surface area contributed by atoms with Gasteiger partial charge in [-0.05, 0) is 36.8 Å². The lowest BCUT2D eigenvalue weighted by Gasteiger charge is -2.25. The molecule has 1 saturated carbocycles. The van der Waals surface area contributed by atoms with E-state index in [1.54, 1.807) is 23.2 Å². The first-order valence-electron chi connectivity index (χ1n) is 7.74. The summed E-state index contributed by atoms with van der Waals surface area (Å²) in [7, 11) is 0. The summed E-state index contributed by atoms with van der Waals surface area (Å²) in [6.45, 7) is 0.535. The average Bonchev–Trinajstić information content (AvgIpc) is 3.20. The molecule has 120 valence electrons. The zero-order chi connectivity index (χ0) is 16.1. The summed E-state index contributed by atoms with van der Waals surface area (Å²) in [6, 6.07) is 2.66. The number of aromatic nitrogens is 3. The molecule has 0 aromatic carbocycles. The predicted octanol–water partition coefficient (Wildman–Crippen LogP) is -0.251. The minimum atomic E-state index is -0.569. The van der Waals surface area contributed by atoms with E-state index in [9.17, 15) is 14.4 Å². The van der Waals surface area contributed by atoms with Crippen molar-refractivity contribution in [3.63, 3.8) is 0 Å². The van der Waals surface area contributed by atoms with Crippen LogP contribution in [0.2, 0.25) is 0 Å². The Hall–Kier alpha value is -2.64. The topological polar surface area (TPSA) is 114 Å². The highest BCUT2D eigenvalue weighted by Gasteiger charge is 2.49. The molecule has 1 aliphatic heterocycles. The third-order valence-electron chi connectivity index (χ3n) is 5.12. The van der Waals surface area contributed by atoms with Gasteiger partial charge in [-0.3, -0.25) is 9.59 Å². The van der Waals surface area contributed by atoms with E-state index in [1.165, 1.54) is 4.40 Å². The van der Waals surface area contributed by atoms with Gasteiger partial charge in [-0.1, -0.05) is 6.42 Å². The van der Waals surface area contributed by atoms with Gasteiger partial charge in [0.25, 0.3) is 5.91 Å². The van der Waals surface area contributed by atoms with Crippen LogP contribution in [-0.4, -0.2) is 43.9 Å². The molecule has 1 aliphatic carbocycles. The lowest BCUT2D eigenvalue weighted by molar-refractivity contribution is -0.122. The molecule has 3 heterocycles. The third-order valence-corrected chi connectivity index (χ3v) is 5.12. The van der Waals surface area contributed by atoms with Gasteiger partial charge < -0.3 is 10.6 Å². The number of carbonyl (C=O) groups is 2. The number of pyridine rings is 1. The van der Waals surface area contributed by atoms with Gasteiger partial charge >= 0.3 is 5.69 Å². The molecule has 0 radical (unpaired) electrons. The summed E-state index contributed by atoms with van der Waals surface area (Å²) in [6.07, 6.45) is 4.56. The van der Waals surface area contributed by atoms with Crippen molar-refractivity contribution in [1.29, 1.82) is 0 Å². The van der Waals surface area contributed by atoms with E-state index in [0.29, 0.717) is 18.0 Å². The smallest absolute Gasteiger partial charge is 0.347 e. The molecule has 23 heavy (non-hydrogen) atoms. The van der Waals surface area contributed by atoms with E-state index >= 15 is 0 Å². The lowest BCUT2D eigenvalue weighted by atomic mass is 9.93. The number of carbonyl (C=O) groups excluding carboxylic acids is 2. The quantitative estimate of drug-likeness (QED) is 0.795. The number of H-pyrrole nitrogens is 1. The number of primary amides is 1. The van der Waals surface area contributed by atoms with Gasteiger partial charge in [0.05, 0.1) is 5.56 Å². The van der Waals surface area contributed by atoms with Gasteiger partial charge in [-0.2, -0.15) is 5.10 Å². The van der Waals surface area contributed by atoms with Crippen molar-refractivity contribution >= 4 is 17.5 Å². The molecule has 2 fully saturated rings. The zero-order valence-corrected chi connectivity index (χ0v) is 12.4. The van der Waals surface area contributed by atoms with Gasteiger partial charge in [-0.25, -0.2) is 14.3 Å². The van der Waals surface area contributed by atoms with Gasteiger partial charge in [0.15, 0.2) is 5.65 Å². The maximum atomic E-state index is 13.0. The van der Waals surface area contributed by atoms with Crippen molar-refractivity contribution < 1.29 is 9.59 Å². The molecule has 3 unspecified atom stereocenters. The van der Waals surface area contributed by atoms with Crippen LogP contribution in [0.15, 0.2) is 23.1 Å². The maximum absolute atomic E-state index is 13.0. The third kappa shape index (κ3) is 1.97. The highest BCUT2D eigenvalue weighted by molar-refractivity contribution is 6.02. The second-order valence-corrected chi connectivity index (χ2v) is 6.30. The van der Waals surface area contributed by atoms with E-state index < -0.39 is 17.6 Å². The molecule has 0 spiro atoms. The minimum absolute atomic E-state index is 0.151. The van der Waals surface area contributed by atoms with Crippen molar-refractivity contribution in [2.24, 2.45) is 17.6 Å². The van der Waals surface area contributed by atoms with Crippen molar-refractivity contribution in [2.75, 3.05) is 6.54 Å². The van der Waals surface area contributed by atoms with Crippen LogP contribution < -0.4 is 11.4 Å². The molecular formula is C15H17N5O3. The Labute approximate surface area is 131 Å². The number of nitrogens with two attached hydrogens (primary N) is 1. The van der Waals surface area contributed by atoms with Crippen LogP contribution in [0.5, 0.6) is 0 Å². The Bertz CT molecular complexity index is 854. The molecule has 8 nitrogen and oxygen atoms in total. The fourth-order valence-electron chi connectivity index (χ4n) is 4.13.